The molecule has 0 atom stereocenters. The van der Waals surface area contributed by atoms with Crippen molar-refractivity contribution in [3.63, 3.8) is 0 Å². The minimum absolute atomic E-state index is 0.0400. The Labute approximate surface area is 72.6 Å². The molecular formula is C10H12NO. The standard InChI is InChI=1S/C10H12NO/c1-8(2)11-10(12)9-6-4-3-5-7-9/h3-4,6-8H,1-2H3,(H,11,12). The van der Waals surface area contributed by atoms with Crippen LogP contribution in [0.5, 0.6) is 0 Å². The van der Waals surface area contributed by atoms with Crippen LogP contribution in [0.3, 0.4) is 0 Å². The fourth-order valence-corrected chi connectivity index (χ4v) is 0.880. The van der Waals surface area contributed by atoms with Crippen LogP contribution in [0.4, 0.5) is 0 Å². The second kappa shape index (κ2) is 3.90. The van der Waals surface area contributed by atoms with Crippen LogP contribution in [-0.4, -0.2) is 11.9 Å². The number of hydrogen-bond acceptors (Lipinski definition) is 1. The van der Waals surface area contributed by atoms with Gasteiger partial charge in [-0.1, -0.05) is 12.1 Å². The van der Waals surface area contributed by atoms with E-state index in [1.807, 2.05) is 13.8 Å². The Morgan fingerprint density at radius 1 is 1.58 bits per heavy atom. The summed E-state index contributed by atoms with van der Waals surface area (Å²) in [5, 5.41) is 2.80. The highest BCUT2D eigenvalue weighted by Gasteiger charge is 2.04. The lowest BCUT2D eigenvalue weighted by Crippen LogP contribution is -2.29. The maximum Gasteiger partial charge on any atom is 0.251 e. The van der Waals surface area contributed by atoms with Gasteiger partial charge in [0.1, 0.15) is 0 Å². The Bertz CT molecular complexity index is 254. The van der Waals surface area contributed by atoms with Gasteiger partial charge >= 0.3 is 0 Å². The summed E-state index contributed by atoms with van der Waals surface area (Å²) in [4.78, 5) is 11.3. The van der Waals surface area contributed by atoms with Crippen LogP contribution in [-0.2, 0) is 0 Å². The molecule has 1 N–H and O–H groups in total. The molecule has 0 heterocycles. The van der Waals surface area contributed by atoms with Gasteiger partial charge in [0.05, 0.1) is 0 Å². The monoisotopic (exact) mass is 162 g/mol. The summed E-state index contributed by atoms with van der Waals surface area (Å²) in [5.41, 5.74) is 0.659. The molecule has 63 valence electrons. The van der Waals surface area contributed by atoms with E-state index in [0.29, 0.717) is 5.56 Å². The van der Waals surface area contributed by atoms with Crippen molar-refractivity contribution in [2.24, 2.45) is 0 Å². The minimum Gasteiger partial charge on any atom is -0.350 e. The molecule has 2 heteroatoms. The zero-order valence-electron chi connectivity index (χ0n) is 7.29. The van der Waals surface area contributed by atoms with E-state index in [1.54, 1.807) is 24.3 Å². The van der Waals surface area contributed by atoms with Crippen molar-refractivity contribution in [1.82, 2.24) is 5.32 Å². The Kier molecular flexibility index (Phi) is 2.86. The predicted molar refractivity (Wildman–Crippen MR) is 47.9 cm³/mol. The van der Waals surface area contributed by atoms with Gasteiger partial charge in [0, 0.05) is 11.6 Å². The molecule has 1 rings (SSSR count). The normalized spacial score (nSPS) is 9.92. The van der Waals surface area contributed by atoms with Gasteiger partial charge in [0.25, 0.3) is 5.91 Å². The number of carbonyl (C=O) groups is 1. The summed E-state index contributed by atoms with van der Waals surface area (Å²) >= 11 is 0. The van der Waals surface area contributed by atoms with Crippen molar-refractivity contribution in [1.29, 1.82) is 0 Å². The number of rotatable bonds is 2. The lowest BCUT2D eigenvalue weighted by molar-refractivity contribution is 0.0943. The van der Waals surface area contributed by atoms with Crippen molar-refractivity contribution >= 4 is 5.91 Å². The quantitative estimate of drug-likeness (QED) is 0.703. The van der Waals surface area contributed by atoms with Crippen LogP contribution in [0.2, 0.25) is 0 Å². The Morgan fingerprint density at radius 2 is 2.33 bits per heavy atom. The summed E-state index contributed by atoms with van der Waals surface area (Å²) in [5.74, 6) is -0.0400. The predicted octanol–water partition coefficient (Wildman–Crippen LogP) is 1.62. The molecule has 0 saturated heterocycles. The summed E-state index contributed by atoms with van der Waals surface area (Å²) in [6, 6.07) is 10.1. The Morgan fingerprint density at radius 3 is 2.83 bits per heavy atom. The minimum atomic E-state index is -0.0400. The first-order valence-electron chi connectivity index (χ1n) is 3.97. The third-order valence-corrected chi connectivity index (χ3v) is 1.39. The summed E-state index contributed by atoms with van der Waals surface area (Å²) in [6.07, 6.45) is 0. The highest BCUT2D eigenvalue weighted by molar-refractivity contribution is 5.94. The van der Waals surface area contributed by atoms with Gasteiger partial charge in [-0.25, -0.2) is 0 Å². The van der Waals surface area contributed by atoms with E-state index in [2.05, 4.69) is 11.4 Å². The van der Waals surface area contributed by atoms with Crippen molar-refractivity contribution in [3.8, 4) is 0 Å². The Balaban J connectivity index is 2.66. The second-order valence-electron chi connectivity index (χ2n) is 2.92. The topological polar surface area (TPSA) is 29.1 Å². The number of hydrogen-bond donors (Lipinski definition) is 1. The molecular weight excluding hydrogens is 150 g/mol. The zero-order valence-corrected chi connectivity index (χ0v) is 7.29. The third kappa shape index (κ3) is 2.38. The van der Waals surface area contributed by atoms with Crippen LogP contribution in [0.25, 0.3) is 0 Å². The van der Waals surface area contributed by atoms with Crippen LogP contribution < -0.4 is 5.32 Å². The molecule has 1 aromatic rings. The lowest BCUT2D eigenvalue weighted by Gasteiger charge is -2.07. The molecule has 0 fully saturated rings. The molecule has 1 amide bonds. The fraction of sp³-hybridized carbons (Fsp3) is 0.300. The van der Waals surface area contributed by atoms with Crippen molar-refractivity contribution in [2.75, 3.05) is 0 Å². The van der Waals surface area contributed by atoms with E-state index in [1.165, 1.54) is 0 Å². The average Bonchev–Trinajstić information content (AvgIpc) is 2.05. The van der Waals surface area contributed by atoms with E-state index >= 15 is 0 Å². The van der Waals surface area contributed by atoms with Gasteiger partial charge in [0.2, 0.25) is 0 Å². The smallest absolute Gasteiger partial charge is 0.251 e. The van der Waals surface area contributed by atoms with Gasteiger partial charge in [-0.3, -0.25) is 4.79 Å². The molecule has 0 spiro atoms. The van der Waals surface area contributed by atoms with E-state index in [9.17, 15) is 4.79 Å². The molecule has 0 aliphatic heterocycles. The zero-order chi connectivity index (χ0) is 8.97. The molecule has 0 unspecified atom stereocenters. The lowest BCUT2D eigenvalue weighted by atomic mass is 10.2. The molecule has 1 aromatic carbocycles. The highest BCUT2D eigenvalue weighted by Crippen LogP contribution is 1.97. The summed E-state index contributed by atoms with van der Waals surface area (Å²) in [6.45, 7) is 3.87. The first-order chi connectivity index (χ1) is 5.70. The summed E-state index contributed by atoms with van der Waals surface area (Å²) < 4.78 is 0. The fourth-order valence-electron chi connectivity index (χ4n) is 0.880. The highest BCUT2D eigenvalue weighted by atomic mass is 16.1. The van der Waals surface area contributed by atoms with Crippen LogP contribution in [0.15, 0.2) is 24.3 Å². The number of nitrogens with one attached hydrogen (secondary N) is 1. The molecule has 12 heavy (non-hydrogen) atoms. The van der Waals surface area contributed by atoms with Crippen molar-refractivity contribution in [2.45, 2.75) is 19.9 Å². The molecule has 0 bridgehead atoms. The first-order valence-corrected chi connectivity index (χ1v) is 3.97. The van der Waals surface area contributed by atoms with E-state index in [-0.39, 0.29) is 11.9 Å². The van der Waals surface area contributed by atoms with Gasteiger partial charge in [-0.05, 0) is 32.0 Å². The molecule has 0 aromatic heterocycles. The van der Waals surface area contributed by atoms with Gasteiger partial charge in [-0.15, -0.1) is 0 Å². The number of carbonyl (C=O) groups excluding carboxylic acids is 1. The maximum absolute atomic E-state index is 11.3. The average molecular weight is 162 g/mol. The number of benzene rings is 1. The second-order valence-corrected chi connectivity index (χ2v) is 2.92. The largest absolute Gasteiger partial charge is 0.350 e. The Hall–Kier alpha value is -1.31. The van der Waals surface area contributed by atoms with Crippen LogP contribution >= 0.6 is 0 Å². The van der Waals surface area contributed by atoms with E-state index in [4.69, 9.17) is 0 Å². The maximum atomic E-state index is 11.3. The van der Waals surface area contributed by atoms with Crippen molar-refractivity contribution in [3.05, 3.63) is 35.9 Å². The van der Waals surface area contributed by atoms with Crippen molar-refractivity contribution < 1.29 is 4.79 Å². The number of amides is 1. The SMILES string of the molecule is CC(C)NC(=O)c1c[c]ccc1. The molecule has 1 radical (unpaired) electrons. The van der Waals surface area contributed by atoms with Crippen LogP contribution in [0.1, 0.15) is 24.2 Å². The molecule has 0 aliphatic rings. The van der Waals surface area contributed by atoms with Gasteiger partial charge in [-0.2, -0.15) is 0 Å². The molecule has 0 aliphatic carbocycles. The summed E-state index contributed by atoms with van der Waals surface area (Å²) in [7, 11) is 0. The van der Waals surface area contributed by atoms with Gasteiger partial charge in [0.15, 0.2) is 0 Å². The van der Waals surface area contributed by atoms with E-state index < -0.39 is 0 Å². The van der Waals surface area contributed by atoms with Crippen LogP contribution in [0, 0.1) is 6.07 Å². The van der Waals surface area contributed by atoms with E-state index in [0.717, 1.165) is 0 Å². The first kappa shape index (κ1) is 8.78. The third-order valence-electron chi connectivity index (χ3n) is 1.39. The van der Waals surface area contributed by atoms with Gasteiger partial charge < -0.3 is 5.32 Å². The molecule has 0 saturated carbocycles. The molecule has 2 nitrogen and oxygen atoms in total.